The van der Waals surface area contributed by atoms with Crippen LogP contribution in [0.5, 0.6) is 0 Å². The van der Waals surface area contributed by atoms with Gasteiger partial charge in [0.1, 0.15) is 5.58 Å². The molecule has 0 radical (unpaired) electrons. The molecule has 1 N–H and O–H groups in total. The number of nitrogens with zero attached hydrogens (tertiary/aromatic N) is 2. The Hall–Kier alpha value is -2.39. The maximum absolute atomic E-state index is 12.3. The molecule has 3 rings (SSSR count). The summed E-state index contributed by atoms with van der Waals surface area (Å²) in [7, 11) is -3.21. The van der Waals surface area contributed by atoms with Gasteiger partial charge < -0.3 is 14.6 Å². The monoisotopic (exact) mass is 379 g/mol. The molecule has 0 unspecified atom stereocenters. The van der Waals surface area contributed by atoms with Crippen LogP contribution in [0.4, 0.5) is 5.69 Å². The van der Waals surface area contributed by atoms with Crippen molar-refractivity contribution in [2.24, 2.45) is 0 Å². The highest BCUT2D eigenvalue weighted by Gasteiger charge is 2.25. The largest absolute Gasteiger partial charge is 0.423 e. The minimum atomic E-state index is -3.21. The van der Waals surface area contributed by atoms with E-state index in [1.54, 1.807) is 11.0 Å². The van der Waals surface area contributed by atoms with Crippen molar-refractivity contribution < 1.29 is 17.6 Å². The summed E-state index contributed by atoms with van der Waals surface area (Å²) in [5.74, 6) is -0.107. The number of nitrogens with one attached hydrogen (secondary N) is 1. The van der Waals surface area contributed by atoms with Crippen molar-refractivity contribution in [1.82, 2.24) is 9.21 Å². The molecule has 9 heteroatoms. The predicted octanol–water partition coefficient (Wildman–Crippen LogP) is 0.617. The smallest absolute Gasteiger partial charge is 0.336 e. The van der Waals surface area contributed by atoms with E-state index < -0.39 is 15.6 Å². The zero-order valence-electron chi connectivity index (χ0n) is 14.7. The van der Waals surface area contributed by atoms with E-state index in [0.29, 0.717) is 37.4 Å². The van der Waals surface area contributed by atoms with E-state index in [4.69, 9.17) is 4.42 Å². The van der Waals surface area contributed by atoms with Crippen LogP contribution in [0.3, 0.4) is 0 Å². The third kappa shape index (κ3) is 4.05. The van der Waals surface area contributed by atoms with E-state index in [1.165, 1.54) is 16.6 Å². The summed E-state index contributed by atoms with van der Waals surface area (Å²) in [6, 6.07) is 6.79. The highest BCUT2D eigenvalue weighted by molar-refractivity contribution is 7.88. The fourth-order valence-corrected chi connectivity index (χ4v) is 3.82. The van der Waals surface area contributed by atoms with E-state index >= 15 is 0 Å². The Morgan fingerprint density at radius 2 is 1.88 bits per heavy atom. The number of carbonyl (C=O) groups excluding carboxylic acids is 1. The minimum absolute atomic E-state index is 0.0838. The van der Waals surface area contributed by atoms with Crippen molar-refractivity contribution in [2.75, 3.05) is 44.3 Å². The number of benzene rings is 1. The van der Waals surface area contributed by atoms with Crippen LogP contribution in [0, 0.1) is 6.92 Å². The third-order valence-corrected chi connectivity index (χ3v) is 5.76. The summed E-state index contributed by atoms with van der Waals surface area (Å²) < 4.78 is 29.6. The summed E-state index contributed by atoms with van der Waals surface area (Å²) in [4.78, 5) is 25.5. The average Bonchev–Trinajstić information content (AvgIpc) is 2.58. The van der Waals surface area contributed by atoms with Crippen molar-refractivity contribution >= 4 is 32.6 Å². The summed E-state index contributed by atoms with van der Waals surface area (Å²) in [5.41, 5.74) is 1.57. The van der Waals surface area contributed by atoms with Gasteiger partial charge in [-0.2, -0.15) is 4.31 Å². The zero-order chi connectivity index (χ0) is 18.9. The fourth-order valence-electron chi connectivity index (χ4n) is 2.99. The lowest BCUT2D eigenvalue weighted by Crippen LogP contribution is -2.51. The summed E-state index contributed by atoms with van der Waals surface area (Å²) >= 11 is 0. The van der Waals surface area contributed by atoms with Crippen LogP contribution in [0.25, 0.3) is 11.0 Å². The number of sulfonamides is 1. The first-order valence-corrected chi connectivity index (χ1v) is 10.1. The van der Waals surface area contributed by atoms with E-state index in [-0.39, 0.29) is 12.5 Å². The molecular formula is C17H21N3O5S. The molecule has 140 valence electrons. The van der Waals surface area contributed by atoms with Gasteiger partial charge in [0.05, 0.1) is 12.8 Å². The Bertz CT molecular complexity index is 991. The van der Waals surface area contributed by atoms with Gasteiger partial charge in [0.25, 0.3) is 0 Å². The summed E-state index contributed by atoms with van der Waals surface area (Å²) in [6.07, 6.45) is 1.17. The number of hydrogen-bond donors (Lipinski definition) is 1. The Balaban J connectivity index is 1.62. The average molecular weight is 379 g/mol. The second kappa shape index (κ2) is 7.08. The maximum Gasteiger partial charge on any atom is 0.336 e. The molecule has 1 saturated heterocycles. The molecule has 1 aliphatic heterocycles. The predicted molar refractivity (Wildman–Crippen MR) is 98.7 cm³/mol. The molecule has 1 aliphatic rings. The second-order valence-electron chi connectivity index (χ2n) is 6.36. The van der Waals surface area contributed by atoms with E-state index in [9.17, 15) is 18.0 Å². The second-order valence-corrected chi connectivity index (χ2v) is 8.34. The van der Waals surface area contributed by atoms with Crippen molar-refractivity contribution in [2.45, 2.75) is 6.92 Å². The van der Waals surface area contributed by atoms with Crippen LogP contribution in [0.15, 0.2) is 33.5 Å². The molecule has 2 aromatic rings. The minimum Gasteiger partial charge on any atom is -0.423 e. The van der Waals surface area contributed by atoms with Crippen molar-refractivity contribution in [1.29, 1.82) is 0 Å². The molecule has 8 nitrogen and oxygen atoms in total. The van der Waals surface area contributed by atoms with Crippen LogP contribution < -0.4 is 10.9 Å². The number of anilines is 1. The lowest BCUT2D eigenvalue weighted by molar-refractivity contribution is -0.130. The van der Waals surface area contributed by atoms with Crippen molar-refractivity contribution in [3.63, 3.8) is 0 Å². The van der Waals surface area contributed by atoms with Gasteiger partial charge in [-0.25, -0.2) is 13.2 Å². The standard InChI is InChI=1S/C17H21N3O5S/c1-12-9-17(22)25-15-10-13(3-4-14(12)15)18-11-16(21)19-5-7-20(8-6-19)26(2,23)24/h3-4,9-10,18H,5-8,11H2,1-2H3. The van der Waals surface area contributed by atoms with Gasteiger partial charge in [-0.05, 0) is 24.6 Å². The lowest BCUT2D eigenvalue weighted by atomic mass is 10.1. The molecule has 1 aromatic heterocycles. The van der Waals surface area contributed by atoms with Gasteiger partial charge in [-0.15, -0.1) is 0 Å². The molecule has 0 atom stereocenters. The molecular weight excluding hydrogens is 358 g/mol. The molecule has 0 aliphatic carbocycles. The molecule has 26 heavy (non-hydrogen) atoms. The first-order chi connectivity index (χ1) is 12.2. The number of hydrogen-bond acceptors (Lipinski definition) is 6. The van der Waals surface area contributed by atoms with E-state index in [1.807, 2.05) is 19.1 Å². The molecule has 1 fully saturated rings. The van der Waals surface area contributed by atoms with Crippen LogP contribution in [-0.2, 0) is 14.8 Å². The Morgan fingerprint density at radius 1 is 1.19 bits per heavy atom. The number of rotatable bonds is 4. The van der Waals surface area contributed by atoms with Crippen LogP contribution in [0.2, 0.25) is 0 Å². The lowest BCUT2D eigenvalue weighted by Gasteiger charge is -2.33. The van der Waals surface area contributed by atoms with E-state index in [2.05, 4.69) is 5.32 Å². The van der Waals surface area contributed by atoms with Crippen molar-refractivity contribution in [3.8, 4) is 0 Å². The first-order valence-electron chi connectivity index (χ1n) is 8.25. The zero-order valence-corrected chi connectivity index (χ0v) is 15.5. The quantitative estimate of drug-likeness (QED) is 0.782. The number of amides is 1. The fraction of sp³-hybridized carbons (Fsp3) is 0.412. The van der Waals surface area contributed by atoms with Crippen LogP contribution >= 0.6 is 0 Å². The normalized spacial score (nSPS) is 16.0. The molecule has 0 spiro atoms. The molecule has 0 saturated carbocycles. The molecule has 2 heterocycles. The summed E-state index contributed by atoms with van der Waals surface area (Å²) in [5, 5.41) is 3.87. The molecule has 0 bridgehead atoms. The number of aryl methyl sites for hydroxylation is 1. The molecule has 1 amide bonds. The van der Waals surface area contributed by atoms with Crippen molar-refractivity contribution in [3.05, 3.63) is 40.2 Å². The number of piperazine rings is 1. The van der Waals surface area contributed by atoms with Gasteiger partial charge in [0.2, 0.25) is 15.9 Å². The number of carbonyl (C=O) groups is 1. The molecule has 1 aromatic carbocycles. The van der Waals surface area contributed by atoms with Gasteiger partial charge in [-0.3, -0.25) is 4.79 Å². The highest BCUT2D eigenvalue weighted by atomic mass is 32.2. The Kier molecular flexibility index (Phi) is 5.01. The SMILES string of the molecule is Cc1cc(=O)oc2cc(NCC(=O)N3CCN(S(C)(=O)=O)CC3)ccc12. The van der Waals surface area contributed by atoms with Gasteiger partial charge in [0.15, 0.2) is 0 Å². The third-order valence-electron chi connectivity index (χ3n) is 4.46. The van der Waals surface area contributed by atoms with Crippen LogP contribution in [-0.4, -0.2) is 62.5 Å². The van der Waals surface area contributed by atoms with Crippen LogP contribution in [0.1, 0.15) is 5.56 Å². The Labute approximate surface area is 151 Å². The maximum atomic E-state index is 12.3. The Morgan fingerprint density at radius 3 is 2.54 bits per heavy atom. The number of fused-ring (bicyclic) bond motifs is 1. The van der Waals surface area contributed by atoms with Gasteiger partial charge in [-0.1, -0.05) is 0 Å². The topological polar surface area (TPSA) is 99.9 Å². The van der Waals surface area contributed by atoms with Gasteiger partial charge in [0, 0.05) is 49.4 Å². The van der Waals surface area contributed by atoms with E-state index in [0.717, 1.165) is 10.9 Å². The summed E-state index contributed by atoms with van der Waals surface area (Å²) in [6.45, 7) is 3.29. The highest BCUT2D eigenvalue weighted by Crippen LogP contribution is 2.20. The first kappa shape index (κ1) is 18.4. The van der Waals surface area contributed by atoms with Gasteiger partial charge >= 0.3 is 5.63 Å².